The van der Waals surface area contributed by atoms with Gasteiger partial charge in [-0.2, -0.15) is 0 Å². The van der Waals surface area contributed by atoms with Crippen LogP contribution >= 0.6 is 31.9 Å². The minimum atomic E-state index is -2.28. The molecule has 6 heteroatoms. The van der Waals surface area contributed by atoms with Crippen LogP contribution in [-0.4, -0.2) is 24.5 Å². The van der Waals surface area contributed by atoms with Crippen molar-refractivity contribution in [2.24, 2.45) is 0 Å². The fourth-order valence-corrected chi connectivity index (χ4v) is 2.46. The van der Waals surface area contributed by atoms with Gasteiger partial charge in [0.05, 0.1) is 6.61 Å². The second-order valence-corrected chi connectivity index (χ2v) is 4.97. The molecule has 3 nitrogen and oxygen atoms in total. The van der Waals surface area contributed by atoms with Crippen LogP contribution in [0.3, 0.4) is 0 Å². The lowest BCUT2D eigenvalue weighted by molar-refractivity contribution is -0.147. The quantitative estimate of drug-likeness (QED) is 0.466. The molecule has 0 radical (unpaired) electrons. The molecule has 0 bridgehead atoms. The standard InChI is InChI=1S/C11H9Br2FO3/c1-2-17-11(16)9(14)10(15)6-3-7(12)5-8(13)4-6/h3-5,9H,2H2,1H3. The van der Waals surface area contributed by atoms with Crippen LogP contribution in [0.15, 0.2) is 27.1 Å². The first-order valence-electron chi connectivity index (χ1n) is 4.76. The number of carbonyl (C=O) groups excluding carboxylic acids is 2. The summed E-state index contributed by atoms with van der Waals surface area (Å²) in [5.74, 6) is -2.07. The number of ketones is 1. The Balaban J connectivity index is 2.92. The first-order valence-corrected chi connectivity index (χ1v) is 6.35. The molecule has 1 atom stereocenters. The number of hydrogen-bond acceptors (Lipinski definition) is 3. The third-order valence-corrected chi connectivity index (χ3v) is 2.79. The van der Waals surface area contributed by atoms with E-state index in [0.29, 0.717) is 8.95 Å². The second kappa shape index (κ2) is 6.26. The molecule has 92 valence electrons. The maximum Gasteiger partial charge on any atom is 0.348 e. The number of rotatable bonds is 4. The van der Waals surface area contributed by atoms with Gasteiger partial charge in [0, 0.05) is 14.5 Å². The third kappa shape index (κ3) is 3.89. The number of alkyl halides is 1. The molecule has 1 aromatic carbocycles. The number of halogens is 3. The predicted octanol–water partition coefficient (Wildman–Crippen LogP) is 3.30. The lowest BCUT2D eigenvalue weighted by atomic mass is 10.1. The van der Waals surface area contributed by atoms with Gasteiger partial charge in [-0.25, -0.2) is 9.18 Å². The van der Waals surface area contributed by atoms with Crippen molar-refractivity contribution in [3.63, 3.8) is 0 Å². The fraction of sp³-hybridized carbons (Fsp3) is 0.273. The maximum absolute atomic E-state index is 13.5. The number of benzene rings is 1. The zero-order chi connectivity index (χ0) is 13.0. The van der Waals surface area contributed by atoms with E-state index in [2.05, 4.69) is 36.6 Å². The molecular formula is C11H9Br2FO3. The normalized spacial score (nSPS) is 12.0. The molecule has 0 aromatic heterocycles. The maximum atomic E-state index is 13.5. The molecular weight excluding hydrogens is 359 g/mol. The Morgan fingerprint density at radius 2 is 1.82 bits per heavy atom. The summed E-state index contributed by atoms with van der Waals surface area (Å²) in [6.45, 7) is 1.58. The Morgan fingerprint density at radius 1 is 1.29 bits per heavy atom. The topological polar surface area (TPSA) is 43.4 Å². The summed E-state index contributed by atoms with van der Waals surface area (Å²) in [5.41, 5.74) is 0.104. The van der Waals surface area contributed by atoms with E-state index in [1.807, 2.05) is 0 Å². The first-order chi connectivity index (χ1) is 7.95. The van der Waals surface area contributed by atoms with Gasteiger partial charge in [0.15, 0.2) is 0 Å². The SMILES string of the molecule is CCOC(=O)C(F)C(=O)c1cc(Br)cc(Br)c1. The van der Waals surface area contributed by atoms with Gasteiger partial charge in [-0.1, -0.05) is 31.9 Å². The smallest absolute Gasteiger partial charge is 0.348 e. The Hall–Kier alpha value is -0.750. The first kappa shape index (κ1) is 14.3. The molecule has 0 aliphatic rings. The number of esters is 1. The highest BCUT2D eigenvalue weighted by molar-refractivity contribution is 9.11. The zero-order valence-corrected chi connectivity index (χ0v) is 12.0. The van der Waals surface area contributed by atoms with Gasteiger partial charge in [-0.3, -0.25) is 4.79 Å². The van der Waals surface area contributed by atoms with E-state index in [-0.39, 0.29) is 12.2 Å². The van der Waals surface area contributed by atoms with Crippen molar-refractivity contribution >= 4 is 43.6 Å². The molecule has 0 fully saturated rings. The molecule has 0 aliphatic heterocycles. The Bertz CT molecular complexity index is 428. The largest absolute Gasteiger partial charge is 0.463 e. The molecule has 0 spiro atoms. The summed E-state index contributed by atoms with van der Waals surface area (Å²) in [5, 5.41) is 0. The molecule has 0 N–H and O–H groups in total. The lowest BCUT2D eigenvalue weighted by Crippen LogP contribution is -2.27. The van der Waals surface area contributed by atoms with Crippen LogP contribution < -0.4 is 0 Å². The Kier molecular flexibility index (Phi) is 5.27. The minimum Gasteiger partial charge on any atom is -0.463 e. The average Bonchev–Trinajstić information content (AvgIpc) is 2.26. The van der Waals surface area contributed by atoms with Crippen molar-refractivity contribution in [2.45, 2.75) is 13.1 Å². The van der Waals surface area contributed by atoms with E-state index in [1.54, 1.807) is 13.0 Å². The monoisotopic (exact) mass is 366 g/mol. The third-order valence-electron chi connectivity index (χ3n) is 1.87. The summed E-state index contributed by atoms with van der Waals surface area (Å²) in [7, 11) is 0. The van der Waals surface area contributed by atoms with Crippen LogP contribution in [0.5, 0.6) is 0 Å². The lowest BCUT2D eigenvalue weighted by Gasteiger charge is -2.07. The molecule has 1 aromatic rings. The summed E-state index contributed by atoms with van der Waals surface area (Å²) in [4.78, 5) is 22.7. The second-order valence-electron chi connectivity index (χ2n) is 3.14. The van der Waals surface area contributed by atoms with Crippen LogP contribution in [0.25, 0.3) is 0 Å². The zero-order valence-electron chi connectivity index (χ0n) is 8.88. The van der Waals surface area contributed by atoms with Crippen molar-refractivity contribution in [1.29, 1.82) is 0 Å². The predicted molar refractivity (Wildman–Crippen MR) is 67.7 cm³/mol. The van der Waals surface area contributed by atoms with Crippen molar-refractivity contribution in [3.8, 4) is 0 Å². The van der Waals surface area contributed by atoms with Gasteiger partial charge in [-0.05, 0) is 25.1 Å². The number of ether oxygens (including phenoxy) is 1. The highest BCUT2D eigenvalue weighted by Gasteiger charge is 2.28. The van der Waals surface area contributed by atoms with Crippen LogP contribution in [0.2, 0.25) is 0 Å². The van der Waals surface area contributed by atoms with Gasteiger partial charge in [0.2, 0.25) is 5.78 Å². The van der Waals surface area contributed by atoms with Gasteiger partial charge in [0.1, 0.15) is 0 Å². The van der Waals surface area contributed by atoms with E-state index < -0.39 is 17.9 Å². The highest BCUT2D eigenvalue weighted by atomic mass is 79.9. The van der Waals surface area contributed by atoms with Gasteiger partial charge in [0.25, 0.3) is 6.17 Å². The highest BCUT2D eigenvalue weighted by Crippen LogP contribution is 2.21. The summed E-state index contributed by atoms with van der Waals surface area (Å²) in [6, 6.07) is 4.59. The summed E-state index contributed by atoms with van der Waals surface area (Å²) in [6.07, 6.45) is -2.28. The van der Waals surface area contributed by atoms with E-state index in [9.17, 15) is 14.0 Å². The van der Waals surface area contributed by atoms with Crippen LogP contribution in [0, 0.1) is 0 Å². The van der Waals surface area contributed by atoms with Crippen molar-refractivity contribution in [1.82, 2.24) is 0 Å². The molecule has 1 rings (SSSR count). The van der Waals surface area contributed by atoms with Crippen LogP contribution in [-0.2, 0) is 9.53 Å². The average molecular weight is 368 g/mol. The Morgan fingerprint density at radius 3 is 2.29 bits per heavy atom. The Labute approximate surface area is 115 Å². The van der Waals surface area contributed by atoms with E-state index in [0.717, 1.165) is 0 Å². The summed E-state index contributed by atoms with van der Waals surface area (Å²) < 4.78 is 19.2. The molecule has 0 saturated heterocycles. The fourth-order valence-electron chi connectivity index (χ4n) is 1.16. The van der Waals surface area contributed by atoms with Gasteiger partial charge < -0.3 is 4.74 Å². The molecule has 0 heterocycles. The molecule has 0 aliphatic carbocycles. The van der Waals surface area contributed by atoms with E-state index >= 15 is 0 Å². The van der Waals surface area contributed by atoms with Crippen molar-refractivity contribution in [3.05, 3.63) is 32.7 Å². The molecule has 0 amide bonds. The number of Topliss-reactive ketones (excluding diaryl/α,β-unsaturated/α-hetero) is 1. The molecule has 1 unspecified atom stereocenters. The van der Waals surface area contributed by atoms with Gasteiger partial charge in [-0.15, -0.1) is 0 Å². The molecule has 17 heavy (non-hydrogen) atoms. The number of hydrogen-bond donors (Lipinski definition) is 0. The number of carbonyl (C=O) groups is 2. The van der Waals surface area contributed by atoms with Crippen molar-refractivity contribution < 1.29 is 18.7 Å². The van der Waals surface area contributed by atoms with E-state index in [4.69, 9.17) is 0 Å². The van der Waals surface area contributed by atoms with Crippen molar-refractivity contribution in [2.75, 3.05) is 6.61 Å². The minimum absolute atomic E-state index is 0.0364. The van der Waals surface area contributed by atoms with Crippen LogP contribution in [0.1, 0.15) is 17.3 Å². The summed E-state index contributed by atoms with van der Waals surface area (Å²) >= 11 is 6.35. The van der Waals surface area contributed by atoms with Gasteiger partial charge >= 0.3 is 5.97 Å². The van der Waals surface area contributed by atoms with Crippen LogP contribution in [0.4, 0.5) is 4.39 Å². The van der Waals surface area contributed by atoms with E-state index in [1.165, 1.54) is 12.1 Å². The molecule has 0 saturated carbocycles.